The molecule has 114 valence electrons. The molecular formula is C14H19N3O2S2. The van der Waals surface area contributed by atoms with Crippen molar-refractivity contribution in [3.8, 4) is 0 Å². The Bertz CT molecular complexity index is 595. The lowest BCUT2D eigenvalue weighted by molar-refractivity contribution is -0.119. The molecule has 1 aromatic rings. The van der Waals surface area contributed by atoms with Crippen molar-refractivity contribution in [2.45, 2.75) is 39.5 Å². The lowest BCUT2D eigenvalue weighted by atomic mass is 9.88. The Labute approximate surface area is 133 Å². The minimum Gasteiger partial charge on any atom is -0.365 e. The molecule has 4 N–H and O–H groups in total. The molecule has 1 atom stereocenters. The molecule has 1 heterocycles. The van der Waals surface area contributed by atoms with Crippen molar-refractivity contribution in [2.24, 2.45) is 11.7 Å². The van der Waals surface area contributed by atoms with Crippen molar-refractivity contribution >= 4 is 45.5 Å². The fourth-order valence-corrected chi connectivity index (χ4v) is 4.15. The van der Waals surface area contributed by atoms with Crippen LogP contribution in [0, 0.1) is 5.92 Å². The Morgan fingerprint density at radius 2 is 2.19 bits per heavy atom. The molecule has 0 fully saturated rings. The van der Waals surface area contributed by atoms with Gasteiger partial charge in [-0.1, -0.05) is 13.8 Å². The molecule has 1 aliphatic carbocycles. The highest BCUT2D eigenvalue weighted by molar-refractivity contribution is 7.80. The molecule has 5 nitrogen and oxygen atoms in total. The first-order chi connectivity index (χ1) is 9.92. The number of thiocarbonyl (C=S) groups is 1. The molecule has 0 aliphatic heterocycles. The normalized spacial score (nSPS) is 17.0. The number of fused-ring (bicyclic) bond motifs is 1. The molecule has 0 spiro atoms. The highest BCUT2D eigenvalue weighted by atomic mass is 32.1. The van der Waals surface area contributed by atoms with Crippen LogP contribution in [0.4, 0.5) is 5.00 Å². The van der Waals surface area contributed by atoms with Crippen molar-refractivity contribution in [1.82, 2.24) is 5.32 Å². The summed E-state index contributed by atoms with van der Waals surface area (Å²) in [7, 11) is 0. The summed E-state index contributed by atoms with van der Waals surface area (Å²) in [6, 6.07) is 0. The maximum atomic E-state index is 11.8. The summed E-state index contributed by atoms with van der Waals surface area (Å²) >= 11 is 6.61. The smallest absolute Gasteiger partial charge is 0.251 e. The summed E-state index contributed by atoms with van der Waals surface area (Å²) in [5, 5.41) is 6.36. The molecule has 0 radical (unpaired) electrons. The summed E-state index contributed by atoms with van der Waals surface area (Å²) in [6.45, 7) is 3.95. The van der Waals surface area contributed by atoms with Crippen LogP contribution in [0.25, 0.3) is 0 Å². The van der Waals surface area contributed by atoms with Gasteiger partial charge in [0.2, 0.25) is 5.91 Å². The number of rotatable bonds is 3. The first-order valence-electron chi connectivity index (χ1n) is 6.97. The minimum absolute atomic E-state index is 0.164. The molecule has 21 heavy (non-hydrogen) atoms. The third-order valence-corrected chi connectivity index (χ3v) is 4.93. The second-order valence-corrected chi connectivity index (χ2v) is 6.79. The zero-order valence-electron chi connectivity index (χ0n) is 12.1. The van der Waals surface area contributed by atoms with Gasteiger partial charge in [0.15, 0.2) is 5.11 Å². The van der Waals surface area contributed by atoms with E-state index >= 15 is 0 Å². The van der Waals surface area contributed by atoms with E-state index in [1.54, 1.807) is 6.92 Å². The Kier molecular flexibility index (Phi) is 4.95. The number of thiophene rings is 1. The van der Waals surface area contributed by atoms with Crippen molar-refractivity contribution in [2.75, 3.05) is 5.32 Å². The van der Waals surface area contributed by atoms with Gasteiger partial charge in [0.25, 0.3) is 5.91 Å². The molecule has 1 aromatic heterocycles. The maximum Gasteiger partial charge on any atom is 0.251 e. The quantitative estimate of drug-likeness (QED) is 0.744. The minimum atomic E-state index is -0.450. The number of hydrogen-bond acceptors (Lipinski definition) is 4. The summed E-state index contributed by atoms with van der Waals surface area (Å²) in [4.78, 5) is 24.3. The first-order valence-corrected chi connectivity index (χ1v) is 8.20. The van der Waals surface area contributed by atoms with E-state index in [4.69, 9.17) is 18.0 Å². The second kappa shape index (κ2) is 6.53. The van der Waals surface area contributed by atoms with Gasteiger partial charge in [0.1, 0.15) is 5.00 Å². The molecule has 0 saturated carbocycles. The van der Waals surface area contributed by atoms with E-state index < -0.39 is 5.91 Å². The fourth-order valence-electron chi connectivity index (χ4n) is 2.45. The SMILES string of the molecule is CCC(=O)NC(=S)Nc1sc2c(c1C(N)=O)CC[C@@H](C)C2. The van der Waals surface area contributed by atoms with E-state index in [2.05, 4.69) is 17.6 Å². The van der Waals surface area contributed by atoms with E-state index in [1.165, 1.54) is 16.2 Å². The third kappa shape index (κ3) is 3.59. The van der Waals surface area contributed by atoms with E-state index in [-0.39, 0.29) is 11.0 Å². The Balaban J connectivity index is 2.25. The highest BCUT2D eigenvalue weighted by Crippen LogP contribution is 2.39. The summed E-state index contributed by atoms with van der Waals surface area (Å²) in [5.41, 5.74) is 7.08. The Hall–Kier alpha value is -1.47. The molecular weight excluding hydrogens is 306 g/mol. The van der Waals surface area contributed by atoms with Crippen molar-refractivity contribution in [3.63, 3.8) is 0 Å². The van der Waals surface area contributed by atoms with Crippen LogP contribution in [0.15, 0.2) is 0 Å². The average molecular weight is 325 g/mol. The molecule has 2 rings (SSSR count). The second-order valence-electron chi connectivity index (χ2n) is 5.28. The predicted molar refractivity (Wildman–Crippen MR) is 88.7 cm³/mol. The molecule has 0 unspecified atom stereocenters. The Morgan fingerprint density at radius 1 is 1.48 bits per heavy atom. The monoisotopic (exact) mass is 325 g/mol. The summed E-state index contributed by atoms with van der Waals surface area (Å²) in [5.74, 6) is -0.00582. The van der Waals surface area contributed by atoms with Gasteiger partial charge >= 0.3 is 0 Å². The number of nitrogens with one attached hydrogen (secondary N) is 2. The fraction of sp³-hybridized carbons (Fsp3) is 0.500. The van der Waals surface area contributed by atoms with Gasteiger partial charge in [-0.25, -0.2) is 0 Å². The number of nitrogens with two attached hydrogens (primary N) is 1. The van der Waals surface area contributed by atoms with Gasteiger partial charge in [-0.05, 0) is 43.0 Å². The predicted octanol–water partition coefficient (Wildman–Crippen LogP) is 2.19. The molecule has 0 bridgehead atoms. The number of carbonyl (C=O) groups is 2. The Morgan fingerprint density at radius 3 is 2.81 bits per heavy atom. The van der Waals surface area contributed by atoms with Gasteiger partial charge in [-0.2, -0.15) is 0 Å². The van der Waals surface area contributed by atoms with E-state index in [1.807, 2.05) is 0 Å². The van der Waals surface area contributed by atoms with Gasteiger partial charge in [-0.15, -0.1) is 11.3 Å². The first kappa shape index (κ1) is 15.9. The van der Waals surface area contributed by atoms with E-state index in [9.17, 15) is 9.59 Å². The van der Waals surface area contributed by atoms with Crippen molar-refractivity contribution < 1.29 is 9.59 Å². The van der Waals surface area contributed by atoms with Crippen LogP contribution < -0.4 is 16.4 Å². The average Bonchev–Trinajstić information content (AvgIpc) is 2.74. The van der Waals surface area contributed by atoms with Crippen molar-refractivity contribution in [3.05, 3.63) is 16.0 Å². The van der Waals surface area contributed by atoms with Crippen LogP contribution in [0.3, 0.4) is 0 Å². The third-order valence-electron chi connectivity index (χ3n) is 3.56. The largest absolute Gasteiger partial charge is 0.365 e. The van der Waals surface area contributed by atoms with Crippen LogP contribution >= 0.6 is 23.6 Å². The van der Waals surface area contributed by atoms with Gasteiger partial charge < -0.3 is 16.4 Å². The van der Waals surface area contributed by atoms with E-state index in [0.29, 0.717) is 22.9 Å². The molecule has 2 amide bonds. The maximum absolute atomic E-state index is 11.8. The summed E-state index contributed by atoms with van der Waals surface area (Å²) < 4.78 is 0. The zero-order valence-corrected chi connectivity index (χ0v) is 13.7. The van der Waals surface area contributed by atoms with E-state index in [0.717, 1.165) is 24.8 Å². The van der Waals surface area contributed by atoms with Gasteiger partial charge in [0.05, 0.1) is 5.56 Å². The summed E-state index contributed by atoms with van der Waals surface area (Å²) in [6.07, 6.45) is 3.22. The number of carbonyl (C=O) groups excluding carboxylic acids is 2. The zero-order chi connectivity index (χ0) is 15.6. The standard InChI is InChI=1S/C14H19N3O2S2/c1-3-10(18)16-14(20)17-13-11(12(15)19)8-5-4-7(2)6-9(8)21-13/h7H,3-6H2,1-2H3,(H2,15,19)(H2,16,17,18,20)/t7-/m1/s1. The van der Waals surface area contributed by atoms with Crippen LogP contribution in [-0.4, -0.2) is 16.9 Å². The number of primary amides is 1. The lowest BCUT2D eigenvalue weighted by Gasteiger charge is -2.18. The number of hydrogen-bond donors (Lipinski definition) is 3. The van der Waals surface area contributed by atoms with Crippen LogP contribution in [-0.2, 0) is 17.6 Å². The highest BCUT2D eigenvalue weighted by Gasteiger charge is 2.26. The number of amides is 2. The van der Waals surface area contributed by atoms with Crippen molar-refractivity contribution in [1.29, 1.82) is 0 Å². The van der Waals surface area contributed by atoms with Crippen LogP contribution in [0.1, 0.15) is 47.5 Å². The molecule has 0 aromatic carbocycles. The number of anilines is 1. The lowest BCUT2D eigenvalue weighted by Crippen LogP contribution is -2.33. The topological polar surface area (TPSA) is 84.2 Å². The molecule has 0 saturated heterocycles. The molecule has 1 aliphatic rings. The van der Waals surface area contributed by atoms with Gasteiger partial charge in [-0.3, -0.25) is 9.59 Å². The molecule has 7 heteroatoms. The van der Waals surface area contributed by atoms with Gasteiger partial charge in [0, 0.05) is 11.3 Å². The van der Waals surface area contributed by atoms with Crippen LogP contribution in [0.2, 0.25) is 0 Å². The van der Waals surface area contributed by atoms with Crippen LogP contribution in [0.5, 0.6) is 0 Å².